The van der Waals surface area contributed by atoms with Gasteiger partial charge in [-0.1, -0.05) is 0 Å². The molecule has 0 radical (unpaired) electrons. The van der Waals surface area contributed by atoms with E-state index < -0.39 is 5.60 Å². The van der Waals surface area contributed by atoms with Gasteiger partial charge in [0.2, 0.25) is 0 Å². The van der Waals surface area contributed by atoms with E-state index in [2.05, 4.69) is 9.97 Å². The van der Waals surface area contributed by atoms with E-state index in [0.29, 0.717) is 31.2 Å². The van der Waals surface area contributed by atoms with Gasteiger partial charge in [-0.25, -0.2) is 9.78 Å². The number of nitrogens with zero attached hydrogens (tertiary/aromatic N) is 4. The summed E-state index contributed by atoms with van der Waals surface area (Å²) < 4.78 is 5.40. The second-order valence-corrected chi connectivity index (χ2v) is 7.19. The molecule has 132 valence electrons. The Kier molecular flexibility index (Phi) is 5.75. The van der Waals surface area contributed by atoms with Crippen molar-refractivity contribution in [3.8, 4) is 0 Å². The molecule has 0 aromatic carbocycles. The molecular formula is C17H26N4O3. The molecule has 24 heavy (non-hydrogen) atoms. The van der Waals surface area contributed by atoms with Crippen molar-refractivity contribution >= 4 is 12.0 Å². The van der Waals surface area contributed by atoms with Gasteiger partial charge in [-0.05, 0) is 39.5 Å². The standard InChI is InChI=1S/C17H26N4O3/c1-17(2,3)24-16(23)21-9-5-13(6-10-21)12-20(4)15(22)14-11-18-7-8-19-14/h7-8,11,13H,5-6,9-10,12H2,1-4H3. The Morgan fingerprint density at radius 2 is 1.96 bits per heavy atom. The van der Waals surface area contributed by atoms with Crippen LogP contribution in [0, 0.1) is 5.92 Å². The average Bonchev–Trinajstić information content (AvgIpc) is 2.54. The van der Waals surface area contributed by atoms with Crippen LogP contribution in [-0.2, 0) is 4.74 Å². The molecule has 0 aliphatic carbocycles. The first-order valence-corrected chi connectivity index (χ1v) is 8.25. The monoisotopic (exact) mass is 334 g/mol. The van der Waals surface area contributed by atoms with E-state index in [-0.39, 0.29) is 12.0 Å². The number of rotatable bonds is 3. The topological polar surface area (TPSA) is 75.6 Å². The molecule has 2 amide bonds. The van der Waals surface area contributed by atoms with E-state index in [9.17, 15) is 9.59 Å². The predicted molar refractivity (Wildman–Crippen MR) is 89.5 cm³/mol. The lowest BCUT2D eigenvalue weighted by Crippen LogP contribution is -2.44. The fourth-order valence-corrected chi connectivity index (χ4v) is 2.70. The smallest absolute Gasteiger partial charge is 0.410 e. The molecule has 1 fully saturated rings. The molecule has 7 heteroatoms. The number of piperidine rings is 1. The number of carbonyl (C=O) groups is 2. The molecule has 0 spiro atoms. The van der Waals surface area contributed by atoms with Crippen molar-refractivity contribution in [1.29, 1.82) is 0 Å². The van der Waals surface area contributed by atoms with Crippen LogP contribution in [0.3, 0.4) is 0 Å². The van der Waals surface area contributed by atoms with E-state index in [4.69, 9.17) is 4.74 Å². The first-order valence-electron chi connectivity index (χ1n) is 8.25. The van der Waals surface area contributed by atoms with E-state index in [1.54, 1.807) is 23.0 Å². The van der Waals surface area contributed by atoms with Crippen molar-refractivity contribution in [2.45, 2.75) is 39.2 Å². The van der Waals surface area contributed by atoms with Crippen molar-refractivity contribution in [2.75, 3.05) is 26.7 Å². The molecule has 1 aliphatic rings. The van der Waals surface area contributed by atoms with Gasteiger partial charge < -0.3 is 14.5 Å². The third-order valence-corrected chi connectivity index (χ3v) is 3.93. The Morgan fingerprint density at radius 3 is 2.50 bits per heavy atom. The quantitative estimate of drug-likeness (QED) is 0.847. The Bertz CT molecular complexity index is 563. The van der Waals surface area contributed by atoms with E-state index in [1.165, 1.54) is 12.4 Å². The average molecular weight is 334 g/mol. The fraction of sp³-hybridized carbons (Fsp3) is 0.647. The molecular weight excluding hydrogens is 308 g/mol. The Morgan fingerprint density at radius 1 is 1.29 bits per heavy atom. The Labute approximate surface area is 143 Å². The van der Waals surface area contributed by atoms with E-state index >= 15 is 0 Å². The minimum atomic E-state index is -0.475. The van der Waals surface area contributed by atoms with Crippen LogP contribution in [0.5, 0.6) is 0 Å². The number of ether oxygens (including phenoxy) is 1. The summed E-state index contributed by atoms with van der Waals surface area (Å²) in [5.41, 5.74) is -0.122. The van der Waals surface area contributed by atoms with Gasteiger partial charge in [-0.15, -0.1) is 0 Å². The van der Waals surface area contributed by atoms with Crippen LogP contribution >= 0.6 is 0 Å². The molecule has 0 bridgehead atoms. The maximum absolute atomic E-state index is 12.3. The minimum Gasteiger partial charge on any atom is -0.444 e. The number of hydrogen-bond acceptors (Lipinski definition) is 5. The van der Waals surface area contributed by atoms with Gasteiger partial charge in [0.05, 0.1) is 6.20 Å². The summed E-state index contributed by atoms with van der Waals surface area (Å²) in [5.74, 6) is 0.243. The van der Waals surface area contributed by atoms with Crippen LogP contribution in [0.15, 0.2) is 18.6 Å². The molecule has 0 unspecified atom stereocenters. The number of amides is 2. The highest BCUT2D eigenvalue weighted by atomic mass is 16.6. The van der Waals surface area contributed by atoms with Gasteiger partial charge in [-0.2, -0.15) is 0 Å². The summed E-state index contributed by atoms with van der Waals surface area (Å²) in [7, 11) is 1.78. The van der Waals surface area contributed by atoms with E-state index in [1.807, 2.05) is 20.8 Å². The van der Waals surface area contributed by atoms with Crippen LogP contribution in [0.2, 0.25) is 0 Å². The van der Waals surface area contributed by atoms with Gasteiger partial charge in [0.1, 0.15) is 11.3 Å². The number of aromatic nitrogens is 2. The molecule has 2 rings (SSSR count). The highest BCUT2D eigenvalue weighted by Crippen LogP contribution is 2.20. The molecule has 1 aromatic heterocycles. The molecule has 0 saturated carbocycles. The number of hydrogen-bond donors (Lipinski definition) is 0. The third-order valence-electron chi connectivity index (χ3n) is 3.93. The summed E-state index contributed by atoms with van der Waals surface area (Å²) in [4.78, 5) is 35.7. The Hall–Kier alpha value is -2.18. The van der Waals surface area contributed by atoms with Crippen molar-refractivity contribution < 1.29 is 14.3 Å². The molecule has 7 nitrogen and oxygen atoms in total. The highest BCUT2D eigenvalue weighted by molar-refractivity contribution is 5.91. The van der Waals surface area contributed by atoms with Gasteiger partial charge in [0.15, 0.2) is 0 Å². The molecule has 1 aromatic rings. The van der Waals surface area contributed by atoms with Crippen LogP contribution in [0.25, 0.3) is 0 Å². The van der Waals surface area contributed by atoms with Crippen LogP contribution in [0.1, 0.15) is 44.1 Å². The fourth-order valence-electron chi connectivity index (χ4n) is 2.70. The SMILES string of the molecule is CN(CC1CCN(C(=O)OC(C)(C)C)CC1)C(=O)c1cnccn1. The normalized spacial score (nSPS) is 15.9. The largest absolute Gasteiger partial charge is 0.444 e. The summed E-state index contributed by atoms with van der Waals surface area (Å²) in [6.45, 7) is 7.57. The number of carbonyl (C=O) groups excluding carboxylic acids is 2. The summed E-state index contributed by atoms with van der Waals surface area (Å²) in [6.07, 6.45) is 5.99. The predicted octanol–water partition coefficient (Wildman–Crippen LogP) is 2.20. The minimum absolute atomic E-state index is 0.127. The third kappa shape index (κ3) is 5.18. The highest BCUT2D eigenvalue weighted by Gasteiger charge is 2.28. The molecule has 1 aliphatic heterocycles. The number of likely N-dealkylation sites (tertiary alicyclic amines) is 1. The van der Waals surface area contributed by atoms with Gasteiger partial charge in [0, 0.05) is 39.1 Å². The first-order chi connectivity index (χ1) is 11.3. The summed E-state index contributed by atoms with van der Waals surface area (Å²) >= 11 is 0. The first kappa shape index (κ1) is 18.2. The summed E-state index contributed by atoms with van der Waals surface area (Å²) in [5, 5.41) is 0. The second kappa shape index (κ2) is 7.59. The van der Waals surface area contributed by atoms with Crippen molar-refractivity contribution in [1.82, 2.24) is 19.8 Å². The molecule has 1 saturated heterocycles. The zero-order valence-corrected chi connectivity index (χ0v) is 14.9. The maximum atomic E-state index is 12.3. The lowest BCUT2D eigenvalue weighted by Gasteiger charge is -2.34. The van der Waals surface area contributed by atoms with Crippen LogP contribution in [-0.4, -0.2) is 64.1 Å². The lowest BCUT2D eigenvalue weighted by molar-refractivity contribution is 0.0171. The maximum Gasteiger partial charge on any atom is 0.410 e. The summed E-state index contributed by atoms with van der Waals surface area (Å²) in [6, 6.07) is 0. The second-order valence-electron chi connectivity index (χ2n) is 7.19. The molecule has 0 atom stereocenters. The van der Waals surface area contributed by atoms with Crippen molar-refractivity contribution in [3.63, 3.8) is 0 Å². The van der Waals surface area contributed by atoms with Crippen LogP contribution < -0.4 is 0 Å². The van der Waals surface area contributed by atoms with Gasteiger partial charge in [0.25, 0.3) is 5.91 Å². The van der Waals surface area contributed by atoms with Crippen molar-refractivity contribution in [3.05, 3.63) is 24.3 Å². The van der Waals surface area contributed by atoms with Crippen LogP contribution in [0.4, 0.5) is 4.79 Å². The zero-order valence-electron chi connectivity index (χ0n) is 14.9. The van der Waals surface area contributed by atoms with Crippen molar-refractivity contribution in [2.24, 2.45) is 5.92 Å². The molecule has 2 heterocycles. The zero-order chi connectivity index (χ0) is 17.7. The Balaban J connectivity index is 1.80. The van der Waals surface area contributed by atoms with Gasteiger partial charge >= 0.3 is 6.09 Å². The lowest BCUT2D eigenvalue weighted by atomic mass is 9.96. The molecule has 0 N–H and O–H groups in total. The van der Waals surface area contributed by atoms with Gasteiger partial charge in [-0.3, -0.25) is 9.78 Å². The van der Waals surface area contributed by atoms with E-state index in [0.717, 1.165) is 12.8 Å².